The van der Waals surface area contributed by atoms with Gasteiger partial charge in [-0.15, -0.1) is 0 Å². The molecule has 0 fully saturated rings. The van der Waals surface area contributed by atoms with Gasteiger partial charge >= 0.3 is 5.97 Å². The van der Waals surface area contributed by atoms with Gasteiger partial charge in [-0.2, -0.15) is 0 Å². The molecule has 1 atom stereocenters. The van der Waals surface area contributed by atoms with E-state index < -0.39 is 18.0 Å². The van der Waals surface area contributed by atoms with Gasteiger partial charge in [0.2, 0.25) is 0 Å². The molecule has 0 aromatic heterocycles. The molecule has 0 bridgehead atoms. The average Bonchev–Trinajstić information content (AvgIpc) is 2.60. The molecule has 7 heteroatoms. The van der Waals surface area contributed by atoms with Crippen LogP contribution in [0.15, 0.2) is 42.5 Å². The van der Waals surface area contributed by atoms with Crippen LogP contribution in [-0.4, -0.2) is 30.2 Å². The number of methoxy groups -OCH3 is 1. The number of hydrogen-bond donors (Lipinski definition) is 2. The molecule has 0 heterocycles. The lowest BCUT2D eigenvalue weighted by Gasteiger charge is -2.14. The van der Waals surface area contributed by atoms with Gasteiger partial charge in [0.15, 0.2) is 6.10 Å². The number of aromatic hydroxyl groups is 1. The fourth-order valence-corrected chi connectivity index (χ4v) is 2.02. The van der Waals surface area contributed by atoms with Crippen molar-refractivity contribution < 1.29 is 28.6 Å². The van der Waals surface area contributed by atoms with Gasteiger partial charge < -0.3 is 19.9 Å². The minimum Gasteiger partial charge on any atom is -0.507 e. The predicted octanol–water partition coefficient (Wildman–Crippen LogP) is 2.40. The van der Waals surface area contributed by atoms with Crippen LogP contribution < -0.4 is 10.1 Å². The second-order valence-corrected chi connectivity index (χ2v) is 5.27. The van der Waals surface area contributed by atoms with E-state index >= 15 is 0 Å². The third-order valence-electron chi connectivity index (χ3n) is 3.46. The van der Waals surface area contributed by atoms with Crippen molar-refractivity contribution >= 4 is 11.9 Å². The van der Waals surface area contributed by atoms with E-state index in [1.54, 1.807) is 12.1 Å². The maximum atomic E-state index is 12.8. The van der Waals surface area contributed by atoms with E-state index in [1.165, 1.54) is 44.4 Å². The highest BCUT2D eigenvalue weighted by Gasteiger charge is 2.21. The molecule has 2 N–H and O–H groups in total. The van der Waals surface area contributed by atoms with Gasteiger partial charge in [0.05, 0.1) is 7.11 Å². The molecular weight excluding hydrogens is 329 g/mol. The summed E-state index contributed by atoms with van der Waals surface area (Å²) < 4.78 is 22.8. The topological polar surface area (TPSA) is 84.9 Å². The Kier molecular flexibility index (Phi) is 5.94. The monoisotopic (exact) mass is 347 g/mol. The summed E-state index contributed by atoms with van der Waals surface area (Å²) in [5.41, 5.74) is 0.639. The van der Waals surface area contributed by atoms with Crippen LogP contribution >= 0.6 is 0 Å². The highest BCUT2D eigenvalue weighted by Crippen LogP contribution is 2.24. The molecular formula is C18H18FNO5. The van der Waals surface area contributed by atoms with Crippen molar-refractivity contribution in [1.29, 1.82) is 0 Å². The minimum absolute atomic E-state index is 0.0704. The van der Waals surface area contributed by atoms with Gasteiger partial charge in [0.1, 0.15) is 22.9 Å². The third-order valence-corrected chi connectivity index (χ3v) is 3.46. The van der Waals surface area contributed by atoms with E-state index in [4.69, 9.17) is 9.47 Å². The summed E-state index contributed by atoms with van der Waals surface area (Å²) in [5, 5.41) is 12.4. The Labute approximate surface area is 144 Å². The standard InChI is InChI=1S/C18H18FNO5/c1-11(17(22)20-10-12-3-5-13(19)6-4-12)25-18(23)15-8-7-14(24-2)9-16(15)21/h3-9,11,21H,10H2,1-2H3,(H,20,22)/t11-/m0/s1. The zero-order chi connectivity index (χ0) is 18.4. The van der Waals surface area contributed by atoms with Crippen molar-refractivity contribution in [2.75, 3.05) is 7.11 Å². The van der Waals surface area contributed by atoms with Crippen molar-refractivity contribution in [3.63, 3.8) is 0 Å². The van der Waals surface area contributed by atoms with Crippen molar-refractivity contribution in [3.8, 4) is 11.5 Å². The van der Waals surface area contributed by atoms with Gasteiger partial charge in [-0.05, 0) is 36.8 Å². The van der Waals surface area contributed by atoms with Crippen LogP contribution in [0, 0.1) is 5.82 Å². The van der Waals surface area contributed by atoms with Gasteiger partial charge in [-0.1, -0.05) is 12.1 Å². The molecule has 0 saturated heterocycles. The summed E-state index contributed by atoms with van der Waals surface area (Å²) in [6, 6.07) is 9.78. The number of rotatable bonds is 6. The third kappa shape index (κ3) is 4.94. The number of esters is 1. The number of hydrogen-bond acceptors (Lipinski definition) is 5. The van der Waals surface area contributed by atoms with E-state index in [1.807, 2.05) is 0 Å². The van der Waals surface area contributed by atoms with Crippen molar-refractivity contribution in [2.24, 2.45) is 0 Å². The van der Waals surface area contributed by atoms with Gasteiger partial charge in [0.25, 0.3) is 5.91 Å². The first-order chi connectivity index (χ1) is 11.9. The summed E-state index contributed by atoms with van der Waals surface area (Å²) in [5.74, 6) is -1.62. The molecule has 0 radical (unpaired) electrons. The van der Waals surface area contributed by atoms with Gasteiger partial charge in [-0.25, -0.2) is 9.18 Å². The van der Waals surface area contributed by atoms with Crippen molar-refractivity contribution in [1.82, 2.24) is 5.32 Å². The van der Waals surface area contributed by atoms with Crippen LogP contribution in [0.2, 0.25) is 0 Å². The predicted molar refractivity (Wildman–Crippen MR) is 87.8 cm³/mol. The van der Waals surface area contributed by atoms with Gasteiger partial charge in [-0.3, -0.25) is 4.79 Å². The SMILES string of the molecule is COc1ccc(C(=O)O[C@@H](C)C(=O)NCc2ccc(F)cc2)c(O)c1. The first-order valence-corrected chi connectivity index (χ1v) is 7.51. The number of ether oxygens (including phenoxy) is 2. The van der Waals surface area contributed by atoms with Crippen molar-refractivity contribution in [3.05, 3.63) is 59.4 Å². The molecule has 1 amide bonds. The van der Waals surface area contributed by atoms with Crippen LogP contribution in [0.1, 0.15) is 22.8 Å². The maximum absolute atomic E-state index is 12.8. The number of phenols is 1. The molecule has 2 aromatic carbocycles. The highest BCUT2D eigenvalue weighted by molar-refractivity contribution is 5.94. The summed E-state index contributed by atoms with van der Waals surface area (Å²) in [6.45, 7) is 1.59. The molecule has 6 nitrogen and oxygen atoms in total. The maximum Gasteiger partial charge on any atom is 0.342 e. The van der Waals surface area contributed by atoms with Gasteiger partial charge in [0, 0.05) is 12.6 Å². The summed E-state index contributed by atoms with van der Waals surface area (Å²) >= 11 is 0. The van der Waals surface area contributed by atoms with Crippen LogP contribution in [0.4, 0.5) is 4.39 Å². The normalized spacial score (nSPS) is 11.5. The Morgan fingerprint density at radius 2 is 1.88 bits per heavy atom. The molecule has 0 aliphatic carbocycles. The smallest absolute Gasteiger partial charge is 0.342 e. The van der Waals surface area contributed by atoms with Crippen LogP contribution in [-0.2, 0) is 16.1 Å². The molecule has 2 rings (SSSR count). The lowest BCUT2D eigenvalue weighted by molar-refractivity contribution is -0.129. The highest BCUT2D eigenvalue weighted by atomic mass is 19.1. The fraction of sp³-hybridized carbons (Fsp3) is 0.222. The lowest BCUT2D eigenvalue weighted by atomic mass is 10.2. The number of amides is 1. The molecule has 132 valence electrons. The number of carbonyl (C=O) groups excluding carboxylic acids is 2. The second kappa shape index (κ2) is 8.14. The Balaban J connectivity index is 1.91. The Morgan fingerprint density at radius 1 is 1.20 bits per heavy atom. The van der Waals surface area contributed by atoms with E-state index in [0.29, 0.717) is 11.3 Å². The molecule has 0 aliphatic heterocycles. The summed E-state index contributed by atoms with van der Waals surface area (Å²) in [4.78, 5) is 24.0. The average molecular weight is 347 g/mol. The minimum atomic E-state index is -1.06. The van der Waals surface area contributed by atoms with Crippen LogP contribution in [0.25, 0.3) is 0 Å². The van der Waals surface area contributed by atoms with Crippen LogP contribution in [0.5, 0.6) is 11.5 Å². The van der Waals surface area contributed by atoms with Crippen LogP contribution in [0.3, 0.4) is 0 Å². The number of halogens is 1. The summed E-state index contributed by atoms with van der Waals surface area (Å²) in [6.07, 6.45) is -1.06. The molecule has 2 aromatic rings. The largest absolute Gasteiger partial charge is 0.507 e. The van der Waals surface area contributed by atoms with E-state index in [2.05, 4.69) is 5.32 Å². The number of nitrogens with one attached hydrogen (secondary N) is 1. The second-order valence-electron chi connectivity index (χ2n) is 5.27. The van der Waals surface area contributed by atoms with E-state index in [-0.39, 0.29) is 23.7 Å². The first-order valence-electron chi connectivity index (χ1n) is 7.51. The lowest BCUT2D eigenvalue weighted by Crippen LogP contribution is -2.35. The quantitative estimate of drug-likeness (QED) is 0.784. The van der Waals surface area contributed by atoms with Crippen molar-refractivity contribution in [2.45, 2.75) is 19.6 Å². The zero-order valence-corrected chi connectivity index (χ0v) is 13.8. The molecule has 0 aliphatic rings. The Morgan fingerprint density at radius 3 is 2.48 bits per heavy atom. The first kappa shape index (κ1) is 18.3. The molecule has 0 saturated carbocycles. The fourth-order valence-electron chi connectivity index (χ4n) is 2.02. The molecule has 0 spiro atoms. The zero-order valence-electron chi connectivity index (χ0n) is 13.8. The number of carbonyl (C=O) groups is 2. The van der Waals surface area contributed by atoms with E-state index in [0.717, 1.165) is 0 Å². The summed E-state index contributed by atoms with van der Waals surface area (Å²) in [7, 11) is 1.43. The van der Waals surface area contributed by atoms with E-state index in [9.17, 15) is 19.1 Å². The Hall–Kier alpha value is -3.09. The molecule has 25 heavy (non-hydrogen) atoms. The number of benzene rings is 2. The Bertz CT molecular complexity index is 761. The number of phenolic OH excluding ortho intramolecular Hbond substituents is 1. The molecule has 0 unspecified atom stereocenters.